The quantitative estimate of drug-likeness (QED) is 0.894. The van der Waals surface area contributed by atoms with E-state index in [2.05, 4.69) is 5.32 Å². The fraction of sp³-hybridized carbons (Fsp3) is 0.417. The molecule has 1 unspecified atom stereocenters. The lowest BCUT2D eigenvalue weighted by Gasteiger charge is -2.22. The molecule has 0 radical (unpaired) electrons. The predicted octanol–water partition coefficient (Wildman–Crippen LogP) is 1.58. The van der Waals surface area contributed by atoms with Gasteiger partial charge >= 0.3 is 0 Å². The van der Waals surface area contributed by atoms with E-state index < -0.39 is 5.82 Å². The molecule has 0 spiro atoms. The van der Waals surface area contributed by atoms with E-state index in [0.717, 1.165) is 0 Å². The van der Waals surface area contributed by atoms with Crippen LogP contribution in [0.25, 0.3) is 0 Å². The molecule has 0 saturated carbocycles. The second-order valence-corrected chi connectivity index (χ2v) is 4.33. The molecule has 1 aliphatic rings. The monoisotopic (exact) mass is 257 g/mol. The molecule has 1 atom stereocenters. The molecule has 1 aromatic carbocycles. The molecule has 17 heavy (non-hydrogen) atoms. The number of morpholine rings is 1. The van der Waals surface area contributed by atoms with Crippen molar-refractivity contribution in [3.63, 3.8) is 0 Å². The van der Waals surface area contributed by atoms with Gasteiger partial charge < -0.3 is 10.1 Å². The second kappa shape index (κ2) is 5.58. The van der Waals surface area contributed by atoms with E-state index in [-0.39, 0.29) is 28.8 Å². The van der Waals surface area contributed by atoms with Gasteiger partial charge in [0.2, 0.25) is 0 Å². The Labute approximate surface area is 104 Å². The summed E-state index contributed by atoms with van der Waals surface area (Å²) in [5, 5.41) is 3.33. The first-order valence-corrected chi connectivity index (χ1v) is 5.83. The number of rotatable bonds is 3. The van der Waals surface area contributed by atoms with Gasteiger partial charge in [0.1, 0.15) is 5.82 Å². The van der Waals surface area contributed by atoms with Crippen molar-refractivity contribution < 1.29 is 13.9 Å². The molecule has 0 aliphatic carbocycles. The van der Waals surface area contributed by atoms with Gasteiger partial charge in [-0.25, -0.2) is 4.39 Å². The van der Waals surface area contributed by atoms with Crippen LogP contribution in [0.5, 0.6) is 0 Å². The minimum Gasteiger partial charge on any atom is -0.378 e. The second-order valence-electron chi connectivity index (χ2n) is 3.92. The molecule has 2 rings (SSSR count). The third-order valence-electron chi connectivity index (χ3n) is 2.72. The number of halogens is 2. The van der Waals surface area contributed by atoms with Crippen LogP contribution in [0, 0.1) is 5.82 Å². The summed E-state index contributed by atoms with van der Waals surface area (Å²) in [7, 11) is 0. The lowest BCUT2D eigenvalue weighted by Crippen LogP contribution is -2.47. The standard InChI is InChI=1S/C12H13ClFNO2/c13-9-2-1-3-10(14)8(9)6-12(16)11-7-17-5-4-15-11/h1-3,11,15H,4-7H2. The number of nitrogens with one attached hydrogen (secondary N) is 1. The Morgan fingerprint density at radius 2 is 2.41 bits per heavy atom. The Hall–Kier alpha value is -0.970. The first-order chi connectivity index (χ1) is 8.18. The van der Waals surface area contributed by atoms with Crippen molar-refractivity contribution in [1.29, 1.82) is 0 Å². The first-order valence-electron chi connectivity index (χ1n) is 5.45. The summed E-state index contributed by atoms with van der Waals surface area (Å²) in [6.07, 6.45) is -0.00741. The summed E-state index contributed by atoms with van der Waals surface area (Å²) in [6.45, 7) is 1.58. The lowest BCUT2D eigenvalue weighted by molar-refractivity contribution is -0.123. The molecular weight excluding hydrogens is 245 g/mol. The molecule has 0 bridgehead atoms. The lowest BCUT2D eigenvalue weighted by atomic mass is 10.0. The van der Waals surface area contributed by atoms with Crippen molar-refractivity contribution in [2.45, 2.75) is 12.5 Å². The summed E-state index contributed by atoms with van der Waals surface area (Å²) in [5.41, 5.74) is 0.256. The maximum absolute atomic E-state index is 13.5. The maximum atomic E-state index is 13.5. The minimum atomic E-state index is -0.442. The van der Waals surface area contributed by atoms with E-state index in [1.807, 2.05) is 0 Å². The molecule has 0 aromatic heterocycles. The third-order valence-corrected chi connectivity index (χ3v) is 3.08. The van der Waals surface area contributed by atoms with E-state index in [4.69, 9.17) is 16.3 Å². The fourth-order valence-corrected chi connectivity index (χ4v) is 2.00. The van der Waals surface area contributed by atoms with Gasteiger partial charge in [-0.1, -0.05) is 17.7 Å². The summed E-state index contributed by atoms with van der Waals surface area (Å²) < 4.78 is 18.7. The van der Waals surface area contributed by atoms with E-state index in [1.165, 1.54) is 12.1 Å². The average Bonchev–Trinajstić information content (AvgIpc) is 2.35. The number of carbonyl (C=O) groups excluding carboxylic acids is 1. The largest absolute Gasteiger partial charge is 0.378 e. The fourth-order valence-electron chi connectivity index (χ4n) is 1.77. The van der Waals surface area contributed by atoms with Gasteiger partial charge in [0, 0.05) is 23.6 Å². The number of ether oxygens (including phenoxy) is 1. The van der Waals surface area contributed by atoms with Gasteiger partial charge in [-0.2, -0.15) is 0 Å². The molecule has 1 fully saturated rings. The van der Waals surface area contributed by atoms with Crippen LogP contribution in [0.1, 0.15) is 5.56 Å². The Kier molecular flexibility index (Phi) is 4.10. The third kappa shape index (κ3) is 3.03. The smallest absolute Gasteiger partial charge is 0.156 e. The maximum Gasteiger partial charge on any atom is 0.156 e. The van der Waals surface area contributed by atoms with E-state index >= 15 is 0 Å². The van der Waals surface area contributed by atoms with Crippen LogP contribution in [0.15, 0.2) is 18.2 Å². The number of hydrogen-bond donors (Lipinski definition) is 1. The highest BCUT2D eigenvalue weighted by atomic mass is 35.5. The van der Waals surface area contributed by atoms with Crippen LogP contribution in [0.2, 0.25) is 5.02 Å². The summed E-state index contributed by atoms with van der Waals surface area (Å²) in [5.74, 6) is -0.542. The summed E-state index contributed by atoms with van der Waals surface area (Å²) >= 11 is 5.87. The zero-order chi connectivity index (χ0) is 12.3. The molecule has 0 amide bonds. The van der Waals surface area contributed by atoms with Gasteiger partial charge in [0.05, 0.1) is 19.3 Å². The van der Waals surface area contributed by atoms with Gasteiger partial charge in [0.25, 0.3) is 0 Å². The Balaban J connectivity index is 2.07. The highest BCUT2D eigenvalue weighted by molar-refractivity contribution is 6.31. The molecule has 1 saturated heterocycles. The Bertz CT molecular complexity index is 399. The number of ketones is 1. The highest BCUT2D eigenvalue weighted by Gasteiger charge is 2.23. The zero-order valence-corrected chi connectivity index (χ0v) is 9.97. The van der Waals surface area contributed by atoms with Crippen LogP contribution >= 0.6 is 11.6 Å². The molecular formula is C12H13ClFNO2. The Morgan fingerprint density at radius 3 is 3.06 bits per heavy atom. The van der Waals surface area contributed by atoms with Crippen molar-refractivity contribution in [1.82, 2.24) is 5.32 Å². The molecule has 1 aromatic rings. The van der Waals surface area contributed by atoms with Crippen LogP contribution in [0.4, 0.5) is 4.39 Å². The van der Waals surface area contributed by atoms with E-state index in [9.17, 15) is 9.18 Å². The van der Waals surface area contributed by atoms with Crippen LogP contribution in [-0.2, 0) is 16.0 Å². The van der Waals surface area contributed by atoms with Crippen molar-refractivity contribution in [2.75, 3.05) is 19.8 Å². The van der Waals surface area contributed by atoms with Gasteiger partial charge in [-0.3, -0.25) is 4.79 Å². The summed E-state index contributed by atoms with van der Waals surface area (Å²) in [6, 6.07) is 4.05. The zero-order valence-electron chi connectivity index (χ0n) is 9.21. The van der Waals surface area contributed by atoms with Crippen molar-refractivity contribution in [3.8, 4) is 0 Å². The molecule has 1 N–H and O–H groups in total. The van der Waals surface area contributed by atoms with Gasteiger partial charge in [-0.15, -0.1) is 0 Å². The molecule has 92 valence electrons. The molecule has 1 heterocycles. The van der Waals surface area contributed by atoms with Crippen LogP contribution < -0.4 is 5.32 Å². The normalized spacial score (nSPS) is 20.2. The SMILES string of the molecule is O=C(Cc1c(F)cccc1Cl)C1COCCN1. The predicted molar refractivity (Wildman–Crippen MR) is 62.7 cm³/mol. The highest BCUT2D eigenvalue weighted by Crippen LogP contribution is 2.20. The molecule has 3 nitrogen and oxygen atoms in total. The molecule has 1 aliphatic heterocycles. The first kappa shape index (κ1) is 12.5. The summed E-state index contributed by atoms with van der Waals surface area (Å²) in [4.78, 5) is 11.9. The van der Waals surface area contributed by atoms with Gasteiger partial charge in [0.15, 0.2) is 5.78 Å². The average molecular weight is 258 g/mol. The van der Waals surface area contributed by atoms with E-state index in [0.29, 0.717) is 19.8 Å². The number of carbonyl (C=O) groups is 1. The topological polar surface area (TPSA) is 38.3 Å². The van der Waals surface area contributed by atoms with Crippen LogP contribution in [0.3, 0.4) is 0 Å². The molecule has 5 heteroatoms. The number of hydrogen-bond acceptors (Lipinski definition) is 3. The van der Waals surface area contributed by atoms with Crippen LogP contribution in [-0.4, -0.2) is 31.6 Å². The van der Waals surface area contributed by atoms with E-state index in [1.54, 1.807) is 6.07 Å². The number of benzene rings is 1. The van der Waals surface area contributed by atoms with Crippen molar-refractivity contribution in [3.05, 3.63) is 34.6 Å². The Morgan fingerprint density at radius 1 is 1.59 bits per heavy atom. The van der Waals surface area contributed by atoms with Crippen molar-refractivity contribution in [2.24, 2.45) is 0 Å². The van der Waals surface area contributed by atoms with Crippen molar-refractivity contribution >= 4 is 17.4 Å². The van der Waals surface area contributed by atoms with Gasteiger partial charge in [-0.05, 0) is 12.1 Å². The minimum absolute atomic E-state index is 0.00741. The number of Topliss-reactive ketones (excluding diaryl/α,β-unsaturated/α-hetero) is 1.